The fraction of sp³-hybridized carbons (Fsp3) is 0.312. The van der Waals surface area contributed by atoms with Crippen LogP contribution in [-0.2, 0) is 4.74 Å². The van der Waals surface area contributed by atoms with E-state index < -0.39 is 0 Å². The monoisotopic (exact) mass is 328 g/mol. The molecule has 2 aliphatic heterocycles. The van der Waals surface area contributed by atoms with Gasteiger partial charge in [-0.2, -0.15) is 0 Å². The average molecular weight is 328 g/mol. The number of fused-ring (bicyclic) bond motifs is 1. The van der Waals surface area contributed by atoms with Crippen LogP contribution in [0, 0.1) is 0 Å². The summed E-state index contributed by atoms with van der Waals surface area (Å²) in [7, 11) is 0. The van der Waals surface area contributed by atoms with Crippen LogP contribution in [-0.4, -0.2) is 49.0 Å². The molecular formula is C16H16N4O4. The molecule has 0 bridgehead atoms. The number of morpholine rings is 1. The number of rotatable bonds is 3. The molecule has 3 heterocycles. The molecule has 8 nitrogen and oxygen atoms in total. The maximum absolute atomic E-state index is 12.4. The van der Waals surface area contributed by atoms with Gasteiger partial charge in [0.15, 0.2) is 11.5 Å². The first kappa shape index (κ1) is 14.7. The molecule has 0 aliphatic carbocycles. The number of aromatic nitrogens is 2. The summed E-state index contributed by atoms with van der Waals surface area (Å²) in [6.07, 6.45) is 1.40. The van der Waals surface area contributed by atoms with Gasteiger partial charge in [0.25, 0.3) is 5.91 Å². The van der Waals surface area contributed by atoms with Gasteiger partial charge in [-0.25, -0.2) is 9.97 Å². The number of hydrogen-bond acceptors (Lipinski definition) is 7. The van der Waals surface area contributed by atoms with Crippen molar-refractivity contribution in [2.45, 2.75) is 0 Å². The van der Waals surface area contributed by atoms with Crippen molar-refractivity contribution >= 4 is 17.4 Å². The molecule has 0 saturated carbocycles. The van der Waals surface area contributed by atoms with E-state index in [0.29, 0.717) is 36.1 Å². The van der Waals surface area contributed by atoms with Crippen LogP contribution in [0.15, 0.2) is 30.6 Å². The number of nitrogens with zero attached hydrogens (tertiary/aromatic N) is 3. The number of hydrogen-bond donors (Lipinski definition) is 1. The Bertz CT molecular complexity index is 761. The van der Waals surface area contributed by atoms with Crippen LogP contribution in [0.2, 0.25) is 0 Å². The lowest BCUT2D eigenvalue weighted by atomic mass is 10.2. The number of ether oxygens (including phenoxy) is 3. The van der Waals surface area contributed by atoms with E-state index >= 15 is 0 Å². The van der Waals surface area contributed by atoms with Crippen LogP contribution < -0.4 is 19.7 Å². The summed E-state index contributed by atoms with van der Waals surface area (Å²) in [5, 5.41) is 2.81. The van der Waals surface area contributed by atoms with Gasteiger partial charge < -0.3 is 24.4 Å². The fourth-order valence-corrected chi connectivity index (χ4v) is 2.61. The highest BCUT2D eigenvalue weighted by atomic mass is 16.7. The summed E-state index contributed by atoms with van der Waals surface area (Å²) in [6, 6.07) is 6.94. The molecule has 1 aromatic heterocycles. The number of carbonyl (C=O) groups is 1. The highest BCUT2D eigenvalue weighted by molar-refractivity contribution is 6.03. The lowest BCUT2D eigenvalue weighted by Gasteiger charge is -2.27. The zero-order valence-corrected chi connectivity index (χ0v) is 12.9. The highest BCUT2D eigenvalue weighted by Gasteiger charge is 2.17. The van der Waals surface area contributed by atoms with Gasteiger partial charge in [0, 0.05) is 30.9 Å². The van der Waals surface area contributed by atoms with Crippen LogP contribution in [0.4, 0.5) is 11.5 Å². The second-order valence-corrected chi connectivity index (χ2v) is 5.38. The standard InChI is InChI=1S/C16H16N4O4/c21-16(19-11-1-2-13-14(7-11)24-10-23-13)12-8-15(18-9-17-12)20-3-5-22-6-4-20/h1-2,7-9H,3-6,10H2,(H,19,21). The predicted octanol–water partition coefficient (Wildman–Crippen LogP) is 1.29. The smallest absolute Gasteiger partial charge is 0.274 e. The summed E-state index contributed by atoms with van der Waals surface area (Å²) >= 11 is 0. The van der Waals surface area contributed by atoms with Crippen molar-refractivity contribution < 1.29 is 19.0 Å². The van der Waals surface area contributed by atoms with Crippen molar-refractivity contribution in [2.75, 3.05) is 43.3 Å². The zero-order valence-electron chi connectivity index (χ0n) is 12.9. The van der Waals surface area contributed by atoms with Crippen molar-refractivity contribution in [2.24, 2.45) is 0 Å². The molecule has 0 radical (unpaired) electrons. The molecule has 4 rings (SSSR count). The van der Waals surface area contributed by atoms with Crippen LogP contribution in [0.3, 0.4) is 0 Å². The van der Waals surface area contributed by atoms with E-state index in [0.717, 1.165) is 18.9 Å². The molecule has 1 aromatic carbocycles. The summed E-state index contributed by atoms with van der Waals surface area (Å²) in [5.74, 6) is 1.71. The fourth-order valence-electron chi connectivity index (χ4n) is 2.61. The molecule has 0 spiro atoms. The van der Waals surface area contributed by atoms with Gasteiger partial charge in [0.2, 0.25) is 6.79 Å². The quantitative estimate of drug-likeness (QED) is 0.908. The van der Waals surface area contributed by atoms with Crippen molar-refractivity contribution in [3.8, 4) is 11.5 Å². The third-order valence-corrected chi connectivity index (χ3v) is 3.85. The SMILES string of the molecule is O=C(Nc1ccc2c(c1)OCO2)c1cc(N2CCOCC2)ncn1. The molecule has 0 unspecified atom stereocenters. The van der Waals surface area contributed by atoms with E-state index in [1.165, 1.54) is 6.33 Å². The number of carbonyl (C=O) groups excluding carboxylic acids is 1. The second kappa shape index (κ2) is 6.32. The minimum Gasteiger partial charge on any atom is -0.454 e. The van der Waals surface area contributed by atoms with Gasteiger partial charge in [-0.3, -0.25) is 4.79 Å². The minimum absolute atomic E-state index is 0.196. The molecule has 1 saturated heterocycles. The Morgan fingerprint density at radius 3 is 2.79 bits per heavy atom. The molecule has 1 fully saturated rings. The molecule has 1 amide bonds. The van der Waals surface area contributed by atoms with Crippen LogP contribution in [0.5, 0.6) is 11.5 Å². The van der Waals surface area contributed by atoms with Crippen molar-refractivity contribution in [3.05, 3.63) is 36.3 Å². The van der Waals surface area contributed by atoms with Gasteiger partial charge in [-0.05, 0) is 12.1 Å². The van der Waals surface area contributed by atoms with E-state index in [-0.39, 0.29) is 12.7 Å². The van der Waals surface area contributed by atoms with E-state index in [9.17, 15) is 4.79 Å². The lowest BCUT2D eigenvalue weighted by Crippen LogP contribution is -2.37. The Kier molecular flexibility index (Phi) is 3.87. The van der Waals surface area contributed by atoms with Gasteiger partial charge in [0.05, 0.1) is 13.2 Å². The van der Waals surface area contributed by atoms with Crippen LogP contribution in [0.25, 0.3) is 0 Å². The minimum atomic E-state index is -0.300. The van der Waals surface area contributed by atoms with E-state index in [1.54, 1.807) is 24.3 Å². The van der Waals surface area contributed by atoms with Gasteiger partial charge >= 0.3 is 0 Å². The maximum atomic E-state index is 12.4. The first-order valence-corrected chi connectivity index (χ1v) is 7.65. The van der Waals surface area contributed by atoms with E-state index in [2.05, 4.69) is 20.2 Å². The van der Waals surface area contributed by atoms with Crippen LogP contribution >= 0.6 is 0 Å². The number of nitrogens with one attached hydrogen (secondary N) is 1. The molecular weight excluding hydrogens is 312 g/mol. The largest absolute Gasteiger partial charge is 0.454 e. The molecule has 1 N–H and O–H groups in total. The van der Waals surface area contributed by atoms with Gasteiger partial charge in [-0.1, -0.05) is 0 Å². The molecule has 2 aromatic rings. The third-order valence-electron chi connectivity index (χ3n) is 3.85. The third kappa shape index (κ3) is 2.95. The Labute approximate surface area is 138 Å². The average Bonchev–Trinajstić information content (AvgIpc) is 3.10. The number of benzene rings is 1. The Morgan fingerprint density at radius 1 is 1.08 bits per heavy atom. The second-order valence-electron chi connectivity index (χ2n) is 5.38. The molecule has 124 valence electrons. The zero-order chi connectivity index (χ0) is 16.4. The first-order chi connectivity index (χ1) is 11.8. The van der Waals surface area contributed by atoms with E-state index in [4.69, 9.17) is 14.2 Å². The van der Waals surface area contributed by atoms with Crippen molar-refractivity contribution in [1.29, 1.82) is 0 Å². The van der Waals surface area contributed by atoms with E-state index in [1.807, 2.05) is 0 Å². The number of anilines is 2. The molecule has 0 atom stereocenters. The predicted molar refractivity (Wildman–Crippen MR) is 85.6 cm³/mol. The Balaban J connectivity index is 1.50. The summed E-state index contributed by atoms with van der Waals surface area (Å²) < 4.78 is 15.9. The lowest BCUT2D eigenvalue weighted by molar-refractivity contribution is 0.102. The first-order valence-electron chi connectivity index (χ1n) is 7.65. The Hall–Kier alpha value is -2.87. The summed E-state index contributed by atoms with van der Waals surface area (Å²) in [6.45, 7) is 3.01. The normalized spacial score (nSPS) is 16.1. The number of amides is 1. The molecule has 8 heteroatoms. The summed E-state index contributed by atoms with van der Waals surface area (Å²) in [4.78, 5) is 22.8. The van der Waals surface area contributed by atoms with Gasteiger partial charge in [0.1, 0.15) is 17.8 Å². The van der Waals surface area contributed by atoms with Crippen molar-refractivity contribution in [1.82, 2.24) is 9.97 Å². The highest BCUT2D eigenvalue weighted by Crippen LogP contribution is 2.34. The molecule has 2 aliphatic rings. The topological polar surface area (TPSA) is 85.8 Å². The Morgan fingerprint density at radius 2 is 1.92 bits per heavy atom. The summed E-state index contributed by atoms with van der Waals surface area (Å²) in [5.41, 5.74) is 0.931. The maximum Gasteiger partial charge on any atom is 0.274 e. The van der Waals surface area contributed by atoms with Crippen LogP contribution in [0.1, 0.15) is 10.5 Å². The molecule has 24 heavy (non-hydrogen) atoms. The van der Waals surface area contributed by atoms with Crippen molar-refractivity contribution in [3.63, 3.8) is 0 Å². The van der Waals surface area contributed by atoms with Gasteiger partial charge in [-0.15, -0.1) is 0 Å².